The van der Waals surface area contributed by atoms with Gasteiger partial charge in [-0.25, -0.2) is 8.42 Å². The van der Waals surface area contributed by atoms with E-state index < -0.39 is 10.0 Å². The highest BCUT2D eigenvalue weighted by Gasteiger charge is 2.27. The summed E-state index contributed by atoms with van der Waals surface area (Å²) in [7, 11) is -2.01. The first-order valence-electron chi connectivity index (χ1n) is 11.3. The van der Waals surface area contributed by atoms with Gasteiger partial charge < -0.3 is 5.32 Å². The minimum Gasteiger partial charge on any atom is -0.355 e. The Kier molecular flexibility index (Phi) is 7.08. The van der Waals surface area contributed by atoms with Crippen molar-refractivity contribution in [3.63, 3.8) is 0 Å². The van der Waals surface area contributed by atoms with Gasteiger partial charge in [0.25, 0.3) is 0 Å². The van der Waals surface area contributed by atoms with Gasteiger partial charge in [0.2, 0.25) is 15.9 Å². The number of hydrogen-bond donors (Lipinski definition) is 1. The van der Waals surface area contributed by atoms with Gasteiger partial charge in [-0.2, -0.15) is 4.31 Å². The normalized spacial score (nSPS) is 18.2. The quantitative estimate of drug-likeness (QED) is 0.728. The number of likely N-dealkylation sites (N-methyl/N-ethyl adjacent to an activating group) is 1. The zero-order valence-corrected chi connectivity index (χ0v) is 19.4. The lowest BCUT2D eigenvalue weighted by Gasteiger charge is -2.26. The number of amides is 1. The van der Waals surface area contributed by atoms with Crippen molar-refractivity contribution in [2.45, 2.75) is 37.1 Å². The number of nitrogens with zero attached hydrogens (tertiary/aromatic N) is 2. The standard InChI is InChI=1S/C25H31N3O3S/c1-26-25(29)23-13-17-28(18-14-23)32(30,31)24-11-9-22(10-12-24)21-7-5-20(6-8-21)19-27-15-3-2-4-16-27/h5-13H,2-4,14-19H2,1H3,(H,26,29). The molecule has 2 heterocycles. The summed E-state index contributed by atoms with van der Waals surface area (Å²) in [4.78, 5) is 14.5. The number of hydrogen-bond acceptors (Lipinski definition) is 4. The summed E-state index contributed by atoms with van der Waals surface area (Å²) in [6, 6.07) is 15.6. The van der Waals surface area contributed by atoms with Crippen molar-refractivity contribution in [2.24, 2.45) is 0 Å². The molecule has 32 heavy (non-hydrogen) atoms. The maximum atomic E-state index is 13.0. The van der Waals surface area contributed by atoms with Crippen LogP contribution in [0.1, 0.15) is 31.2 Å². The van der Waals surface area contributed by atoms with Crippen molar-refractivity contribution in [1.82, 2.24) is 14.5 Å². The fourth-order valence-electron chi connectivity index (χ4n) is 4.38. The van der Waals surface area contributed by atoms with Crippen molar-refractivity contribution in [3.8, 4) is 11.1 Å². The van der Waals surface area contributed by atoms with Crippen molar-refractivity contribution in [2.75, 3.05) is 33.2 Å². The van der Waals surface area contributed by atoms with Crippen LogP contribution in [0.3, 0.4) is 0 Å². The van der Waals surface area contributed by atoms with E-state index in [1.165, 1.54) is 42.2 Å². The molecular formula is C25H31N3O3S. The summed E-state index contributed by atoms with van der Waals surface area (Å²) in [5, 5.41) is 2.59. The van der Waals surface area contributed by atoms with Gasteiger partial charge in [0.05, 0.1) is 4.90 Å². The number of nitrogens with one attached hydrogen (secondary N) is 1. The summed E-state index contributed by atoms with van der Waals surface area (Å²) in [6.45, 7) is 3.87. The Labute approximate surface area is 191 Å². The molecule has 0 saturated carbocycles. The molecule has 2 aliphatic rings. The second kappa shape index (κ2) is 9.98. The molecule has 0 atom stereocenters. The van der Waals surface area contributed by atoms with Gasteiger partial charge in [-0.15, -0.1) is 0 Å². The first-order chi connectivity index (χ1) is 15.5. The van der Waals surface area contributed by atoms with E-state index in [2.05, 4.69) is 34.5 Å². The number of piperidine rings is 1. The molecule has 2 aliphatic heterocycles. The fraction of sp³-hybridized carbons (Fsp3) is 0.400. The predicted octanol–water partition coefficient (Wildman–Crippen LogP) is 3.41. The Morgan fingerprint density at radius 1 is 0.906 bits per heavy atom. The van der Waals surface area contributed by atoms with Crippen molar-refractivity contribution in [1.29, 1.82) is 0 Å². The van der Waals surface area contributed by atoms with Crippen LogP contribution in [0.4, 0.5) is 0 Å². The summed E-state index contributed by atoms with van der Waals surface area (Å²) in [5.74, 6) is -0.145. The van der Waals surface area contributed by atoms with Gasteiger partial charge in [-0.3, -0.25) is 9.69 Å². The SMILES string of the molecule is CNC(=O)C1=CCN(S(=O)(=O)c2ccc(-c3ccc(CN4CCCCC4)cc3)cc2)CC1. The Morgan fingerprint density at radius 3 is 2.09 bits per heavy atom. The van der Waals surface area contributed by atoms with E-state index >= 15 is 0 Å². The molecule has 6 nitrogen and oxygen atoms in total. The molecule has 170 valence electrons. The maximum Gasteiger partial charge on any atom is 0.246 e. The third-order valence-electron chi connectivity index (χ3n) is 6.32. The van der Waals surface area contributed by atoms with Gasteiger partial charge in [0.1, 0.15) is 0 Å². The van der Waals surface area contributed by atoms with Gasteiger partial charge in [0, 0.05) is 32.3 Å². The predicted molar refractivity (Wildman–Crippen MR) is 127 cm³/mol. The van der Waals surface area contributed by atoms with Crippen LogP contribution >= 0.6 is 0 Å². The third-order valence-corrected chi connectivity index (χ3v) is 8.20. The van der Waals surface area contributed by atoms with E-state index in [0.29, 0.717) is 18.5 Å². The maximum absolute atomic E-state index is 13.0. The molecule has 0 bridgehead atoms. The average molecular weight is 454 g/mol. The van der Waals surface area contributed by atoms with Crippen LogP contribution in [0, 0.1) is 0 Å². The van der Waals surface area contributed by atoms with Gasteiger partial charge in [0.15, 0.2) is 0 Å². The van der Waals surface area contributed by atoms with E-state index in [-0.39, 0.29) is 17.3 Å². The molecule has 1 amide bonds. The summed E-state index contributed by atoms with van der Waals surface area (Å²) >= 11 is 0. The molecule has 7 heteroatoms. The van der Waals surface area contributed by atoms with Gasteiger partial charge >= 0.3 is 0 Å². The summed E-state index contributed by atoms with van der Waals surface area (Å²) in [5.41, 5.74) is 4.02. The average Bonchev–Trinajstić information content (AvgIpc) is 2.85. The van der Waals surface area contributed by atoms with Crippen LogP contribution in [0.5, 0.6) is 0 Å². The molecule has 1 fully saturated rings. The third kappa shape index (κ3) is 5.11. The Balaban J connectivity index is 1.42. The van der Waals surface area contributed by atoms with Crippen LogP contribution in [-0.4, -0.2) is 56.8 Å². The van der Waals surface area contributed by atoms with Crippen molar-refractivity contribution >= 4 is 15.9 Å². The molecule has 0 spiro atoms. The summed E-state index contributed by atoms with van der Waals surface area (Å²) < 4.78 is 27.4. The highest BCUT2D eigenvalue weighted by molar-refractivity contribution is 7.89. The molecule has 1 N–H and O–H groups in total. The second-order valence-electron chi connectivity index (χ2n) is 8.48. The van der Waals surface area contributed by atoms with E-state index in [9.17, 15) is 13.2 Å². The number of rotatable bonds is 6. The highest BCUT2D eigenvalue weighted by atomic mass is 32.2. The molecule has 2 aromatic rings. The Hall–Kier alpha value is -2.48. The first-order valence-corrected chi connectivity index (χ1v) is 12.7. The largest absolute Gasteiger partial charge is 0.355 e. The lowest BCUT2D eigenvalue weighted by molar-refractivity contribution is -0.117. The lowest BCUT2D eigenvalue weighted by atomic mass is 10.0. The zero-order valence-electron chi connectivity index (χ0n) is 18.6. The number of likely N-dealkylation sites (tertiary alicyclic amines) is 1. The molecular weight excluding hydrogens is 422 g/mol. The molecule has 2 aromatic carbocycles. The Morgan fingerprint density at radius 2 is 1.53 bits per heavy atom. The molecule has 0 unspecified atom stereocenters. The smallest absolute Gasteiger partial charge is 0.246 e. The van der Waals surface area contributed by atoms with Crippen LogP contribution in [0.15, 0.2) is 65.1 Å². The molecule has 4 rings (SSSR count). The van der Waals surface area contributed by atoms with E-state index in [0.717, 1.165) is 17.7 Å². The first kappa shape index (κ1) is 22.7. The Bertz CT molecular complexity index is 1070. The number of carbonyl (C=O) groups excluding carboxylic acids is 1. The number of carbonyl (C=O) groups is 1. The van der Waals surface area contributed by atoms with E-state index in [1.54, 1.807) is 25.3 Å². The van der Waals surface area contributed by atoms with Gasteiger partial charge in [-0.1, -0.05) is 48.9 Å². The van der Waals surface area contributed by atoms with Crippen LogP contribution < -0.4 is 5.32 Å². The molecule has 1 saturated heterocycles. The van der Waals surface area contributed by atoms with Crippen LogP contribution in [0.25, 0.3) is 11.1 Å². The van der Waals surface area contributed by atoms with Gasteiger partial charge in [-0.05, 0) is 61.2 Å². The minimum atomic E-state index is -3.59. The lowest BCUT2D eigenvalue weighted by Crippen LogP contribution is -2.37. The molecule has 0 aliphatic carbocycles. The van der Waals surface area contributed by atoms with Crippen LogP contribution in [-0.2, 0) is 21.4 Å². The van der Waals surface area contributed by atoms with Crippen LogP contribution in [0.2, 0.25) is 0 Å². The van der Waals surface area contributed by atoms with Crippen molar-refractivity contribution in [3.05, 3.63) is 65.7 Å². The summed E-state index contributed by atoms with van der Waals surface area (Å²) in [6.07, 6.45) is 6.03. The number of benzene rings is 2. The molecule has 0 radical (unpaired) electrons. The van der Waals surface area contributed by atoms with E-state index in [4.69, 9.17) is 0 Å². The minimum absolute atomic E-state index is 0.145. The fourth-order valence-corrected chi connectivity index (χ4v) is 5.76. The van der Waals surface area contributed by atoms with E-state index in [1.807, 2.05) is 12.1 Å². The monoisotopic (exact) mass is 453 g/mol. The second-order valence-corrected chi connectivity index (χ2v) is 10.4. The number of sulfonamides is 1. The molecule has 0 aromatic heterocycles. The zero-order chi connectivity index (χ0) is 22.6. The van der Waals surface area contributed by atoms with Crippen molar-refractivity contribution < 1.29 is 13.2 Å². The topological polar surface area (TPSA) is 69.7 Å². The highest BCUT2D eigenvalue weighted by Crippen LogP contribution is 2.25.